The third kappa shape index (κ3) is 5.02. The van der Waals surface area contributed by atoms with Crippen LogP contribution in [0.2, 0.25) is 0 Å². The Kier molecular flexibility index (Phi) is 5.30. The van der Waals surface area contributed by atoms with E-state index in [0.717, 1.165) is 18.9 Å². The zero-order chi connectivity index (χ0) is 20.5. The summed E-state index contributed by atoms with van der Waals surface area (Å²) in [5, 5.41) is 2.84. The molecule has 2 N–H and O–H groups in total. The number of nitrogens with zero attached hydrogens (tertiary/aromatic N) is 2. The Morgan fingerprint density at radius 2 is 1.93 bits per heavy atom. The average Bonchev–Trinajstić information content (AvgIpc) is 3.43. The van der Waals surface area contributed by atoms with Gasteiger partial charge in [-0.3, -0.25) is 14.6 Å². The standard InChI is InChI=1S/C18H19F3N4O3/c1-25(2)17-22-13(9-14(26)23-17)16(27)24-15(10-3-4-10)11-5-7-12(8-6-11)28-18(19,20)21/h5-10,15H,3-4H2,1-2H3,(H,24,27)(H,22,23,26)/t15-/m1/s1. The number of nitrogens with one attached hydrogen (secondary N) is 2. The van der Waals surface area contributed by atoms with Gasteiger partial charge in [0.1, 0.15) is 11.4 Å². The normalized spacial score (nSPS) is 15.0. The summed E-state index contributed by atoms with van der Waals surface area (Å²) < 4.78 is 40.8. The monoisotopic (exact) mass is 396 g/mol. The summed E-state index contributed by atoms with van der Waals surface area (Å²) in [7, 11) is 3.36. The second-order valence-electron chi connectivity index (χ2n) is 6.75. The maximum Gasteiger partial charge on any atom is 0.573 e. The van der Waals surface area contributed by atoms with Gasteiger partial charge in [0.2, 0.25) is 5.95 Å². The molecule has 1 aromatic heterocycles. The van der Waals surface area contributed by atoms with Crippen LogP contribution < -0.4 is 20.5 Å². The highest BCUT2D eigenvalue weighted by atomic mass is 19.4. The maximum absolute atomic E-state index is 12.6. The van der Waals surface area contributed by atoms with E-state index < -0.39 is 23.9 Å². The minimum atomic E-state index is -4.76. The Morgan fingerprint density at radius 3 is 2.46 bits per heavy atom. The van der Waals surface area contributed by atoms with Crippen LogP contribution in [0.1, 0.15) is 34.9 Å². The first-order valence-corrected chi connectivity index (χ1v) is 8.57. The molecule has 0 bridgehead atoms. The topological polar surface area (TPSA) is 87.3 Å². The van der Waals surface area contributed by atoms with Crippen LogP contribution in [0.5, 0.6) is 5.75 Å². The van der Waals surface area contributed by atoms with Crippen LogP contribution in [-0.4, -0.2) is 36.3 Å². The zero-order valence-corrected chi connectivity index (χ0v) is 15.2. The first-order valence-electron chi connectivity index (χ1n) is 8.57. The number of aromatic amines is 1. The molecule has 1 saturated carbocycles. The molecule has 0 radical (unpaired) electrons. The molecule has 0 aliphatic heterocycles. The van der Waals surface area contributed by atoms with Gasteiger partial charge in [-0.15, -0.1) is 13.2 Å². The Balaban J connectivity index is 1.79. The molecule has 1 aliphatic rings. The number of hydrogen-bond acceptors (Lipinski definition) is 5. The predicted octanol–water partition coefficient (Wildman–Crippen LogP) is 2.62. The van der Waals surface area contributed by atoms with Crippen LogP contribution in [0.25, 0.3) is 0 Å². The molecule has 1 atom stereocenters. The van der Waals surface area contributed by atoms with E-state index in [0.29, 0.717) is 5.56 Å². The van der Waals surface area contributed by atoms with Gasteiger partial charge >= 0.3 is 6.36 Å². The third-order valence-corrected chi connectivity index (χ3v) is 4.24. The number of hydrogen-bond donors (Lipinski definition) is 2. The van der Waals surface area contributed by atoms with Gasteiger partial charge in [0.15, 0.2) is 0 Å². The molecule has 28 heavy (non-hydrogen) atoms. The Morgan fingerprint density at radius 1 is 1.29 bits per heavy atom. The summed E-state index contributed by atoms with van der Waals surface area (Å²) in [5.74, 6) is -0.436. The molecular weight excluding hydrogens is 377 g/mol. The highest BCUT2D eigenvalue weighted by Gasteiger charge is 2.35. The number of carbonyl (C=O) groups excluding carboxylic acids is 1. The van der Waals surface area contributed by atoms with Gasteiger partial charge in [-0.2, -0.15) is 0 Å². The molecule has 0 unspecified atom stereocenters. The number of carbonyl (C=O) groups is 1. The zero-order valence-electron chi connectivity index (χ0n) is 15.2. The van der Waals surface area contributed by atoms with Crippen LogP contribution in [0.4, 0.5) is 19.1 Å². The molecule has 2 aromatic rings. The minimum Gasteiger partial charge on any atom is -0.406 e. The van der Waals surface area contributed by atoms with E-state index >= 15 is 0 Å². The Labute approximate surface area is 158 Å². The van der Waals surface area contributed by atoms with Crippen LogP contribution in [0.3, 0.4) is 0 Å². The summed E-state index contributed by atoms with van der Waals surface area (Å²) in [4.78, 5) is 32.6. The highest BCUT2D eigenvalue weighted by Crippen LogP contribution is 2.41. The minimum absolute atomic E-state index is 0.0323. The fourth-order valence-corrected chi connectivity index (χ4v) is 2.77. The van der Waals surface area contributed by atoms with Gasteiger partial charge in [-0.1, -0.05) is 12.1 Å². The number of aromatic nitrogens is 2. The van der Waals surface area contributed by atoms with Crippen molar-refractivity contribution < 1.29 is 22.7 Å². The van der Waals surface area contributed by atoms with E-state index in [-0.39, 0.29) is 23.3 Å². The van der Waals surface area contributed by atoms with Crippen molar-refractivity contribution in [3.05, 3.63) is 51.9 Å². The summed E-state index contributed by atoms with van der Waals surface area (Å²) in [6, 6.07) is 6.10. The predicted molar refractivity (Wildman–Crippen MR) is 95.2 cm³/mol. The fraction of sp³-hybridized carbons (Fsp3) is 0.389. The molecule has 1 heterocycles. The van der Waals surface area contributed by atoms with Crippen molar-refractivity contribution in [3.63, 3.8) is 0 Å². The molecular formula is C18H19F3N4O3. The van der Waals surface area contributed by atoms with Crippen molar-refractivity contribution in [3.8, 4) is 5.75 Å². The maximum atomic E-state index is 12.6. The summed E-state index contributed by atoms with van der Waals surface area (Å²) in [5.41, 5.74) is 0.165. The van der Waals surface area contributed by atoms with Crippen LogP contribution >= 0.6 is 0 Å². The van der Waals surface area contributed by atoms with E-state index in [2.05, 4.69) is 20.0 Å². The largest absolute Gasteiger partial charge is 0.573 e. The SMILES string of the molecule is CN(C)c1nc(C(=O)N[C@@H](c2ccc(OC(F)(F)F)cc2)C2CC2)cc(=O)[nH]1. The Hall–Kier alpha value is -3.04. The van der Waals surface area contributed by atoms with Gasteiger partial charge in [-0.05, 0) is 36.5 Å². The molecule has 0 saturated heterocycles. The molecule has 1 aliphatic carbocycles. The van der Waals surface area contributed by atoms with Crippen LogP contribution in [0.15, 0.2) is 35.1 Å². The fourth-order valence-electron chi connectivity index (χ4n) is 2.77. The summed E-state index contributed by atoms with van der Waals surface area (Å²) in [6.07, 6.45) is -2.99. The molecule has 3 rings (SSSR count). The number of amides is 1. The smallest absolute Gasteiger partial charge is 0.406 e. The van der Waals surface area contributed by atoms with Gasteiger partial charge in [0.25, 0.3) is 11.5 Å². The lowest BCUT2D eigenvalue weighted by molar-refractivity contribution is -0.274. The molecule has 7 nitrogen and oxygen atoms in total. The molecule has 150 valence electrons. The number of benzene rings is 1. The summed E-state index contributed by atoms with van der Waals surface area (Å²) in [6.45, 7) is 0. The first-order chi connectivity index (χ1) is 13.1. The van der Waals surface area contributed by atoms with E-state index in [1.165, 1.54) is 24.3 Å². The average molecular weight is 396 g/mol. The van der Waals surface area contributed by atoms with Gasteiger partial charge in [-0.25, -0.2) is 4.98 Å². The summed E-state index contributed by atoms with van der Waals surface area (Å²) >= 11 is 0. The van der Waals surface area contributed by atoms with Crippen molar-refractivity contribution >= 4 is 11.9 Å². The van der Waals surface area contributed by atoms with Crippen molar-refractivity contribution in [1.82, 2.24) is 15.3 Å². The lowest BCUT2D eigenvalue weighted by Crippen LogP contribution is -2.32. The van der Waals surface area contributed by atoms with Crippen molar-refractivity contribution in [1.29, 1.82) is 0 Å². The van der Waals surface area contributed by atoms with E-state index in [4.69, 9.17) is 0 Å². The number of rotatable bonds is 6. The Bertz CT molecular complexity index is 906. The number of halogens is 3. The van der Waals surface area contributed by atoms with Gasteiger partial charge in [0, 0.05) is 20.2 Å². The van der Waals surface area contributed by atoms with E-state index in [1.807, 2.05) is 0 Å². The second kappa shape index (κ2) is 7.53. The van der Waals surface area contributed by atoms with Crippen LogP contribution in [0, 0.1) is 5.92 Å². The number of anilines is 1. The molecule has 0 spiro atoms. The quantitative estimate of drug-likeness (QED) is 0.784. The van der Waals surface area contributed by atoms with Crippen molar-refractivity contribution in [2.75, 3.05) is 19.0 Å². The lowest BCUT2D eigenvalue weighted by Gasteiger charge is -2.19. The lowest BCUT2D eigenvalue weighted by atomic mass is 10.0. The molecule has 1 fully saturated rings. The van der Waals surface area contributed by atoms with E-state index in [9.17, 15) is 22.8 Å². The molecule has 1 amide bonds. The van der Waals surface area contributed by atoms with Crippen LogP contribution in [-0.2, 0) is 0 Å². The third-order valence-electron chi connectivity index (χ3n) is 4.24. The molecule has 10 heteroatoms. The van der Waals surface area contributed by atoms with Crippen molar-refractivity contribution in [2.45, 2.75) is 25.2 Å². The second-order valence-corrected chi connectivity index (χ2v) is 6.75. The van der Waals surface area contributed by atoms with Crippen molar-refractivity contribution in [2.24, 2.45) is 5.92 Å². The highest BCUT2D eigenvalue weighted by molar-refractivity contribution is 5.92. The number of alkyl halides is 3. The first kappa shape index (κ1) is 19.7. The van der Waals surface area contributed by atoms with Gasteiger partial charge < -0.3 is 15.0 Å². The number of ether oxygens (including phenoxy) is 1. The number of H-pyrrole nitrogens is 1. The van der Waals surface area contributed by atoms with E-state index in [1.54, 1.807) is 19.0 Å². The molecule has 1 aromatic carbocycles. The van der Waals surface area contributed by atoms with Gasteiger partial charge in [0.05, 0.1) is 6.04 Å².